The summed E-state index contributed by atoms with van der Waals surface area (Å²) in [5.41, 5.74) is 1.80. The van der Waals surface area contributed by atoms with E-state index in [2.05, 4.69) is 21.2 Å². The summed E-state index contributed by atoms with van der Waals surface area (Å²) in [5, 5.41) is 12.7. The lowest BCUT2D eigenvalue weighted by atomic mass is 10.1. The summed E-state index contributed by atoms with van der Waals surface area (Å²) >= 11 is 15.6. The van der Waals surface area contributed by atoms with Crippen molar-refractivity contribution in [3.05, 3.63) is 91.9 Å². The Balaban J connectivity index is 1.86. The number of anilines is 1. The lowest BCUT2D eigenvalue weighted by Gasteiger charge is -2.15. The molecular formula is C25H19BrCl2N2O3. The van der Waals surface area contributed by atoms with Crippen molar-refractivity contribution in [2.45, 2.75) is 13.5 Å². The summed E-state index contributed by atoms with van der Waals surface area (Å²) in [6.07, 6.45) is 1.46. The zero-order valence-corrected chi connectivity index (χ0v) is 20.7. The van der Waals surface area contributed by atoms with Gasteiger partial charge in [-0.1, -0.05) is 59.6 Å². The number of nitrogens with zero attached hydrogens (tertiary/aromatic N) is 1. The first kappa shape index (κ1) is 24.7. The van der Waals surface area contributed by atoms with Crippen molar-refractivity contribution in [1.29, 1.82) is 5.26 Å². The van der Waals surface area contributed by atoms with Crippen LogP contribution in [0.3, 0.4) is 0 Å². The van der Waals surface area contributed by atoms with Crippen LogP contribution in [0.5, 0.6) is 11.5 Å². The normalized spacial score (nSPS) is 10.9. The van der Waals surface area contributed by atoms with Gasteiger partial charge in [0.15, 0.2) is 11.5 Å². The number of ether oxygens (including phenoxy) is 2. The molecule has 1 N–H and O–H groups in total. The Bertz CT molecular complexity index is 1220. The van der Waals surface area contributed by atoms with Crippen LogP contribution in [0.1, 0.15) is 18.1 Å². The highest BCUT2D eigenvalue weighted by Crippen LogP contribution is 2.38. The highest BCUT2D eigenvalue weighted by atomic mass is 79.9. The standard InChI is InChI=1S/C25H19BrCl2N2O3/c1-2-32-22-13-17(12-19(26)24(22)33-15-16-7-4-3-5-8-16)11-18(14-29)25(31)30-21-10-6-9-20(27)23(21)28/h3-13H,2,15H2,1H3,(H,30,31)/b18-11+. The van der Waals surface area contributed by atoms with Crippen molar-refractivity contribution < 1.29 is 14.3 Å². The molecule has 1 amide bonds. The molecule has 0 saturated carbocycles. The minimum atomic E-state index is -0.611. The molecule has 33 heavy (non-hydrogen) atoms. The molecule has 0 aliphatic rings. The van der Waals surface area contributed by atoms with Gasteiger partial charge in [0.05, 0.1) is 26.8 Å². The Morgan fingerprint density at radius 1 is 1.12 bits per heavy atom. The van der Waals surface area contributed by atoms with Crippen LogP contribution in [0.25, 0.3) is 6.08 Å². The fraction of sp³-hybridized carbons (Fsp3) is 0.120. The molecule has 3 aromatic rings. The second-order valence-electron chi connectivity index (χ2n) is 6.76. The van der Waals surface area contributed by atoms with E-state index in [-0.39, 0.29) is 10.6 Å². The highest BCUT2D eigenvalue weighted by molar-refractivity contribution is 9.10. The molecule has 0 aliphatic heterocycles. The number of amides is 1. The Kier molecular flexibility index (Phi) is 8.79. The van der Waals surface area contributed by atoms with Gasteiger partial charge in [0.2, 0.25) is 0 Å². The van der Waals surface area contributed by atoms with Crippen LogP contribution in [0.15, 0.2) is 70.7 Å². The van der Waals surface area contributed by atoms with Crippen molar-refractivity contribution in [3.8, 4) is 17.6 Å². The maximum absolute atomic E-state index is 12.7. The van der Waals surface area contributed by atoms with E-state index < -0.39 is 5.91 Å². The lowest BCUT2D eigenvalue weighted by molar-refractivity contribution is -0.112. The minimum Gasteiger partial charge on any atom is -0.490 e. The number of halogens is 3. The van der Waals surface area contributed by atoms with Gasteiger partial charge in [-0.05, 0) is 64.3 Å². The van der Waals surface area contributed by atoms with Gasteiger partial charge in [-0.2, -0.15) is 5.26 Å². The van der Waals surface area contributed by atoms with E-state index in [9.17, 15) is 10.1 Å². The smallest absolute Gasteiger partial charge is 0.266 e. The molecule has 0 fully saturated rings. The molecule has 0 aliphatic carbocycles. The number of carbonyl (C=O) groups excluding carboxylic acids is 1. The highest BCUT2D eigenvalue weighted by Gasteiger charge is 2.16. The second-order valence-corrected chi connectivity index (χ2v) is 8.40. The van der Waals surface area contributed by atoms with Gasteiger partial charge in [0.25, 0.3) is 5.91 Å². The fourth-order valence-electron chi connectivity index (χ4n) is 2.91. The number of nitriles is 1. The summed E-state index contributed by atoms with van der Waals surface area (Å²) in [6, 6.07) is 20.0. The quantitative estimate of drug-likeness (QED) is 0.238. The van der Waals surface area contributed by atoms with Crippen LogP contribution < -0.4 is 14.8 Å². The first-order valence-corrected chi connectivity index (χ1v) is 11.5. The molecule has 0 aromatic heterocycles. The summed E-state index contributed by atoms with van der Waals surface area (Å²) in [6.45, 7) is 2.64. The van der Waals surface area contributed by atoms with E-state index in [1.165, 1.54) is 6.08 Å². The number of benzene rings is 3. The number of hydrogen-bond acceptors (Lipinski definition) is 4. The molecule has 0 saturated heterocycles. The van der Waals surface area contributed by atoms with Gasteiger partial charge in [-0.25, -0.2) is 0 Å². The first-order chi connectivity index (χ1) is 15.9. The van der Waals surface area contributed by atoms with Crippen molar-refractivity contribution in [2.75, 3.05) is 11.9 Å². The van der Waals surface area contributed by atoms with Crippen LogP contribution in [0.4, 0.5) is 5.69 Å². The van der Waals surface area contributed by atoms with Gasteiger partial charge in [0.1, 0.15) is 18.2 Å². The third kappa shape index (κ3) is 6.52. The summed E-state index contributed by atoms with van der Waals surface area (Å²) in [5.74, 6) is 0.413. The third-order valence-corrected chi connectivity index (χ3v) is 5.84. The molecule has 0 unspecified atom stereocenters. The lowest BCUT2D eigenvalue weighted by Crippen LogP contribution is -2.13. The zero-order valence-electron chi connectivity index (χ0n) is 17.6. The van der Waals surface area contributed by atoms with Crippen molar-refractivity contribution in [2.24, 2.45) is 0 Å². The van der Waals surface area contributed by atoms with Crippen LogP contribution in [0.2, 0.25) is 10.0 Å². The Morgan fingerprint density at radius 3 is 2.58 bits per heavy atom. The van der Waals surface area contributed by atoms with Gasteiger partial charge in [-0.3, -0.25) is 4.79 Å². The zero-order chi connectivity index (χ0) is 23.8. The predicted octanol–water partition coefficient (Wildman–Crippen LogP) is 7.28. The van der Waals surface area contributed by atoms with Crippen LogP contribution in [0, 0.1) is 11.3 Å². The van der Waals surface area contributed by atoms with Gasteiger partial charge >= 0.3 is 0 Å². The maximum atomic E-state index is 12.7. The molecule has 0 atom stereocenters. The predicted molar refractivity (Wildman–Crippen MR) is 135 cm³/mol. The third-order valence-electron chi connectivity index (χ3n) is 4.43. The van der Waals surface area contributed by atoms with Gasteiger partial charge in [-0.15, -0.1) is 0 Å². The molecule has 0 spiro atoms. The van der Waals surface area contributed by atoms with Crippen LogP contribution >= 0.6 is 39.1 Å². The molecule has 0 bridgehead atoms. The molecular weight excluding hydrogens is 527 g/mol. The maximum Gasteiger partial charge on any atom is 0.266 e. The molecule has 3 aromatic carbocycles. The topological polar surface area (TPSA) is 71.3 Å². The minimum absolute atomic E-state index is 0.113. The average molecular weight is 546 g/mol. The van der Waals surface area contributed by atoms with E-state index >= 15 is 0 Å². The largest absolute Gasteiger partial charge is 0.490 e. The second kappa shape index (κ2) is 11.8. The Hall–Kier alpha value is -2.98. The Labute approximate surface area is 210 Å². The van der Waals surface area contributed by atoms with E-state index in [1.807, 2.05) is 43.3 Å². The van der Waals surface area contributed by atoms with Crippen molar-refractivity contribution >= 4 is 56.8 Å². The van der Waals surface area contributed by atoms with Crippen LogP contribution in [-0.4, -0.2) is 12.5 Å². The van der Waals surface area contributed by atoms with E-state index in [0.717, 1.165) is 5.56 Å². The number of hydrogen-bond donors (Lipinski definition) is 1. The molecule has 5 nitrogen and oxygen atoms in total. The first-order valence-electron chi connectivity index (χ1n) is 9.93. The molecule has 168 valence electrons. The van der Waals surface area contributed by atoms with Crippen molar-refractivity contribution in [1.82, 2.24) is 0 Å². The molecule has 0 heterocycles. The molecule has 3 rings (SSSR count). The summed E-state index contributed by atoms with van der Waals surface area (Å²) < 4.78 is 12.4. The number of carbonyl (C=O) groups is 1. The fourth-order valence-corrected chi connectivity index (χ4v) is 3.83. The number of rotatable bonds is 8. The van der Waals surface area contributed by atoms with Gasteiger partial charge in [0, 0.05) is 0 Å². The van der Waals surface area contributed by atoms with Crippen molar-refractivity contribution in [3.63, 3.8) is 0 Å². The molecule has 0 radical (unpaired) electrons. The SMILES string of the molecule is CCOc1cc(/C=C(\C#N)C(=O)Nc2cccc(Cl)c2Cl)cc(Br)c1OCc1ccccc1. The summed E-state index contributed by atoms with van der Waals surface area (Å²) in [7, 11) is 0. The van der Waals surface area contributed by atoms with E-state index in [1.54, 1.807) is 30.3 Å². The van der Waals surface area contributed by atoms with E-state index in [4.69, 9.17) is 32.7 Å². The summed E-state index contributed by atoms with van der Waals surface area (Å²) in [4.78, 5) is 12.7. The number of nitrogens with one attached hydrogen (secondary N) is 1. The Morgan fingerprint density at radius 2 is 1.88 bits per heavy atom. The van der Waals surface area contributed by atoms with Crippen LogP contribution in [-0.2, 0) is 11.4 Å². The van der Waals surface area contributed by atoms with Gasteiger partial charge < -0.3 is 14.8 Å². The monoisotopic (exact) mass is 544 g/mol. The molecule has 8 heteroatoms. The average Bonchev–Trinajstić information content (AvgIpc) is 2.80. The van der Waals surface area contributed by atoms with E-state index in [0.29, 0.717) is 45.5 Å².